The monoisotopic (exact) mass is 210 g/mol. The van der Waals surface area contributed by atoms with Crippen LogP contribution in [-0.2, 0) is 4.79 Å². The van der Waals surface area contributed by atoms with Gasteiger partial charge in [-0.15, -0.1) is 0 Å². The Kier molecular flexibility index (Phi) is 3.52. The molecule has 0 radical (unpaired) electrons. The first-order chi connectivity index (χ1) is 6.97. The van der Waals surface area contributed by atoms with Crippen LogP contribution >= 0.6 is 0 Å². The van der Waals surface area contributed by atoms with Crippen LogP contribution in [0, 0.1) is 0 Å². The third kappa shape index (κ3) is 2.83. The lowest BCUT2D eigenvalue weighted by Gasteiger charge is -2.27. The van der Waals surface area contributed by atoms with Gasteiger partial charge in [-0.2, -0.15) is 0 Å². The van der Waals surface area contributed by atoms with Crippen molar-refractivity contribution in [3.05, 3.63) is 24.2 Å². The summed E-state index contributed by atoms with van der Waals surface area (Å²) in [6, 6.07) is 3.73. The van der Waals surface area contributed by atoms with E-state index in [4.69, 9.17) is 10.2 Å². The lowest BCUT2D eigenvalue weighted by molar-refractivity contribution is -0.123. The van der Waals surface area contributed by atoms with Gasteiger partial charge >= 0.3 is 0 Å². The highest BCUT2D eigenvalue weighted by Crippen LogP contribution is 2.20. The van der Waals surface area contributed by atoms with E-state index < -0.39 is 5.54 Å². The Morgan fingerprint density at radius 1 is 1.67 bits per heavy atom. The van der Waals surface area contributed by atoms with Crippen molar-refractivity contribution in [2.24, 2.45) is 5.73 Å². The zero-order valence-corrected chi connectivity index (χ0v) is 9.41. The minimum Gasteiger partial charge on any atom is -0.468 e. The molecule has 1 unspecified atom stereocenters. The minimum absolute atomic E-state index is 0.0162. The van der Waals surface area contributed by atoms with Crippen molar-refractivity contribution in [2.45, 2.75) is 38.8 Å². The van der Waals surface area contributed by atoms with E-state index in [0.29, 0.717) is 0 Å². The number of amides is 1. The fourth-order valence-electron chi connectivity index (χ4n) is 1.37. The van der Waals surface area contributed by atoms with Gasteiger partial charge in [-0.1, -0.05) is 6.92 Å². The van der Waals surface area contributed by atoms with Crippen molar-refractivity contribution in [3.8, 4) is 0 Å². The van der Waals surface area contributed by atoms with Crippen LogP contribution in [0.2, 0.25) is 0 Å². The summed E-state index contributed by atoms with van der Waals surface area (Å²) in [6.45, 7) is 5.55. The number of rotatable bonds is 5. The van der Waals surface area contributed by atoms with E-state index in [1.807, 2.05) is 19.1 Å². The molecule has 84 valence electrons. The smallest absolute Gasteiger partial charge is 0.237 e. The standard InChI is InChI=1S/C11H18N2O2/c1-4-8(9-6-5-7-15-9)13-11(2,3)10(12)14/h5-8,13H,4H2,1-3H3,(H2,12,14). The summed E-state index contributed by atoms with van der Waals surface area (Å²) in [6.07, 6.45) is 2.46. The van der Waals surface area contributed by atoms with Gasteiger partial charge in [-0.3, -0.25) is 10.1 Å². The van der Waals surface area contributed by atoms with E-state index in [1.54, 1.807) is 20.1 Å². The van der Waals surface area contributed by atoms with E-state index in [2.05, 4.69) is 5.32 Å². The minimum atomic E-state index is -0.729. The number of hydrogen-bond donors (Lipinski definition) is 2. The van der Waals surface area contributed by atoms with Gasteiger partial charge in [-0.25, -0.2) is 0 Å². The molecule has 0 aromatic carbocycles. The molecule has 3 N–H and O–H groups in total. The molecular formula is C11H18N2O2. The molecule has 0 bridgehead atoms. The second-order valence-corrected chi connectivity index (χ2v) is 4.11. The highest BCUT2D eigenvalue weighted by Gasteiger charge is 2.28. The Morgan fingerprint density at radius 3 is 2.73 bits per heavy atom. The van der Waals surface area contributed by atoms with E-state index in [-0.39, 0.29) is 11.9 Å². The molecule has 1 heterocycles. The quantitative estimate of drug-likeness (QED) is 0.775. The zero-order valence-electron chi connectivity index (χ0n) is 9.41. The number of carbonyl (C=O) groups is 1. The molecule has 1 rings (SSSR count). The van der Waals surface area contributed by atoms with E-state index in [1.165, 1.54) is 0 Å². The lowest BCUT2D eigenvalue weighted by Crippen LogP contribution is -2.51. The Morgan fingerprint density at radius 2 is 2.33 bits per heavy atom. The molecule has 0 saturated heterocycles. The van der Waals surface area contributed by atoms with Crippen LogP contribution < -0.4 is 11.1 Å². The summed E-state index contributed by atoms with van der Waals surface area (Å²) < 4.78 is 5.30. The van der Waals surface area contributed by atoms with Crippen molar-refractivity contribution in [1.82, 2.24) is 5.32 Å². The predicted molar refractivity (Wildman–Crippen MR) is 58.1 cm³/mol. The average Bonchev–Trinajstić information content (AvgIpc) is 2.66. The van der Waals surface area contributed by atoms with Gasteiger partial charge in [0.1, 0.15) is 5.76 Å². The Labute approximate surface area is 89.8 Å². The van der Waals surface area contributed by atoms with Crippen LogP contribution in [0.25, 0.3) is 0 Å². The Bertz CT molecular complexity index is 317. The SMILES string of the molecule is CCC(NC(C)(C)C(N)=O)c1ccco1. The first-order valence-corrected chi connectivity index (χ1v) is 5.08. The topological polar surface area (TPSA) is 68.3 Å². The molecule has 4 heteroatoms. The van der Waals surface area contributed by atoms with Crippen molar-refractivity contribution < 1.29 is 9.21 Å². The molecule has 0 fully saturated rings. The Balaban J connectivity index is 2.74. The summed E-state index contributed by atoms with van der Waals surface area (Å²) in [5.41, 5.74) is 4.57. The predicted octanol–water partition coefficient (Wildman–Crippen LogP) is 1.58. The van der Waals surface area contributed by atoms with Crippen molar-refractivity contribution in [3.63, 3.8) is 0 Å². The number of nitrogens with two attached hydrogens (primary N) is 1. The number of primary amides is 1. The van der Waals surface area contributed by atoms with E-state index >= 15 is 0 Å². The average molecular weight is 210 g/mol. The first kappa shape index (κ1) is 11.8. The first-order valence-electron chi connectivity index (χ1n) is 5.08. The van der Waals surface area contributed by atoms with Gasteiger partial charge in [0.05, 0.1) is 17.8 Å². The molecule has 0 aliphatic carbocycles. The molecule has 0 aliphatic rings. The second kappa shape index (κ2) is 4.49. The molecule has 4 nitrogen and oxygen atoms in total. The van der Waals surface area contributed by atoms with Crippen molar-refractivity contribution >= 4 is 5.91 Å². The molecular weight excluding hydrogens is 192 g/mol. The number of furan rings is 1. The molecule has 1 atom stereocenters. The van der Waals surface area contributed by atoms with Gasteiger partial charge in [-0.05, 0) is 32.4 Å². The summed E-state index contributed by atoms with van der Waals surface area (Å²) in [5.74, 6) is 0.458. The van der Waals surface area contributed by atoms with Crippen LogP contribution in [0.4, 0.5) is 0 Å². The summed E-state index contributed by atoms with van der Waals surface area (Å²) >= 11 is 0. The van der Waals surface area contributed by atoms with Crippen molar-refractivity contribution in [2.75, 3.05) is 0 Å². The second-order valence-electron chi connectivity index (χ2n) is 4.11. The van der Waals surface area contributed by atoms with Gasteiger partial charge in [0.25, 0.3) is 0 Å². The molecule has 0 saturated carbocycles. The highest BCUT2D eigenvalue weighted by molar-refractivity contribution is 5.83. The van der Waals surface area contributed by atoms with Crippen LogP contribution in [0.5, 0.6) is 0 Å². The highest BCUT2D eigenvalue weighted by atomic mass is 16.3. The molecule has 15 heavy (non-hydrogen) atoms. The van der Waals surface area contributed by atoms with Gasteiger partial charge in [0, 0.05) is 0 Å². The Hall–Kier alpha value is -1.29. The number of carbonyl (C=O) groups excluding carboxylic acids is 1. The molecule has 0 spiro atoms. The summed E-state index contributed by atoms with van der Waals surface area (Å²) in [5, 5.41) is 3.18. The van der Waals surface area contributed by atoms with Crippen molar-refractivity contribution in [1.29, 1.82) is 0 Å². The molecule has 0 aliphatic heterocycles. The zero-order chi connectivity index (χ0) is 11.5. The van der Waals surface area contributed by atoms with Crippen LogP contribution in [0.1, 0.15) is 39.0 Å². The maximum Gasteiger partial charge on any atom is 0.237 e. The van der Waals surface area contributed by atoms with Crippen LogP contribution in [0.15, 0.2) is 22.8 Å². The third-order valence-corrected chi connectivity index (χ3v) is 2.45. The summed E-state index contributed by atoms with van der Waals surface area (Å²) in [7, 11) is 0. The summed E-state index contributed by atoms with van der Waals surface area (Å²) in [4.78, 5) is 11.2. The van der Waals surface area contributed by atoms with Crippen LogP contribution in [0.3, 0.4) is 0 Å². The van der Waals surface area contributed by atoms with Gasteiger partial charge in [0.2, 0.25) is 5.91 Å². The fourth-order valence-corrected chi connectivity index (χ4v) is 1.37. The van der Waals surface area contributed by atoms with Crippen LogP contribution in [-0.4, -0.2) is 11.4 Å². The maximum absolute atomic E-state index is 11.2. The third-order valence-electron chi connectivity index (χ3n) is 2.45. The largest absolute Gasteiger partial charge is 0.468 e. The van der Waals surface area contributed by atoms with Gasteiger partial charge in [0.15, 0.2) is 0 Å². The van der Waals surface area contributed by atoms with Gasteiger partial charge < -0.3 is 10.2 Å². The molecule has 1 aromatic rings. The van der Waals surface area contributed by atoms with E-state index in [9.17, 15) is 4.79 Å². The molecule has 1 aromatic heterocycles. The number of nitrogens with one attached hydrogen (secondary N) is 1. The lowest BCUT2D eigenvalue weighted by atomic mass is 10.0. The molecule has 1 amide bonds. The fraction of sp³-hybridized carbons (Fsp3) is 0.545. The normalized spacial score (nSPS) is 13.8. The number of hydrogen-bond acceptors (Lipinski definition) is 3. The maximum atomic E-state index is 11.2. The van der Waals surface area contributed by atoms with E-state index in [0.717, 1.165) is 12.2 Å².